The highest BCUT2D eigenvalue weighted by Crippen LogP contribution is 2.06. The average Bonchev–Trinajstić information content (AvgIpc) is 2.28. The summed E-state index contributed by atoms with van der Waals surface area (Å²) in [7, 11) is 0. The minimum absolute atomic E-state index is 0.282. The predicted molar refractivity (Wildman–Crippen MR) is 59.9 cm³/mol. The number of carbonyl (C=O) groups excluding carboxylic acids is 1. The zero-order valence-electron chi connectivity index (χ0n) is 9.55. The summed E-state index contributed by atoms with van der Waals surface area (Å²) < 4.78 is 5.12. The Bertz CT molecular complexity index is 179. The summed E-state index contributed by atoms with van der Waals surface area (Å²) in [6.07, 6.45) is 5.40. The van der Waals surface area contributed by atoms with Gasteiger partial charge in [0.05, 0.1) is 0 Å². The quantitative estimate of drug-likeness (QED) is 0.684. The van der Waals surface area contributed by atoms with Crippen LogP contribution in [-0.4, -0.2) is 31.8 Å². The lowest BCUT2D eigenvalue weighted by Gasteiger charge is -2.22. The summed E-state index contributed by atoms with van der Waals surface area (Å²) in [6.45, 7) is 4.36. The SMILES string of the molecule is CCCCNC(=O)OCC1CCCCN1. The Morgan fingerprint density at radius 1 is 1.53 bits per heavy atom. The molecule has 0 radical (unpaired) electrons. The van der Waals surface area contributed by atoms with E-state index in [1.165, 1.54) is 12.8 Å². The van der Waals surface area contributed by atoms with Crippen LogP contribution in [0.25, 0.3) is 0 Å². The fraction of sp³-hybridized carbons (Fsp3) is 0.909. The molecule has 1 unspecified atom stereocenters. The number of nitrogens with one attached hydrogen (secondary N) is 2. The maximum absolute atomic E-state index is 11.2. The first-order valence-corrected chi connectivity index (χ1v) is 5.97. The topological polar surface area (TPSA) is 50.4 Å². The van der Waals surface area contributed by atoms with Crippen LogP contribution in [-0.2, 0) is 4.74 Å². The molecule has 0 bridgehead atoms. The van der Waals surface area contributed by atoms with Gasteiger partial charge in [-0.25, -0.2) is 4.79 Å². The van der Waals surface area contributed by atoms with Crippen LogP contribution >= 0.6 is 0 Å². The van der Waals surface area contributed by atoms with E-state index in [-0.39, 0.29) is 6.09 Å². The maximum atomic E-state index is 11.2. The number of rotatable bonds is 5. The Labute approximate surface area is 91.8 Å². The smallest absolute Gasteiger partial charge is 0.407 e. The average molecular weight is 214 g/mol. The summed E-state index contributed by atoms with van der Waals surface area (Å²) >= 11 is 0. The first kappa shape index (κ1) is 12.3. The van der Waals surface area contributed by atoms with Crippen LogP contribution in [0.4, 0.5) is 4.79 Å². The van der Waals surface area contributed by atoms with Gasteiger partial charge in [-0.05, 0) is 25.8 Å². The minimum atomic E-state index is -0.282. The highest BCUT2D eigenvalue weighted by atomic mass is 16.5. The van der Waals surface area contributed by atoms with Crippen molar-refractivity contribution in [1.29, 1.82) is 0 Å². The van der Waals surface area contributed by atoms with Gasteiger partial charge < -0.3 is 15.4 Å². The Morgan fingerprint density at radius 3 is 3.07 bits per heavy atom. The number of piperidine rings is 1. The Morgan fingerprint density at radius 2 is 2.40 bits per heavy atom. The standard InChI is InChI=1S/C11H22N2O2/c1-2-3-7-13-11(14)15-9-10-6-4-5-8-12-10/h10,12H,2-9H2,1H3,(H,13,14). The van der Waals surface area contributed by atoms with Gasteiger partial charge in [-0.3, -0.25) is 0 Å². The lowest BCUT2D eigenvalue weighted by atomic mass is 10.1. The van der Waals surface area contributed by atoms with Gasteiger partial charge in [0.2, 0.25) is 0 Å². The van der Waals surface area contributed by atoms with E-state index in [1.807, 2.05) is 0 Å². The van der Waals surface area contributed by atoms with Crippen molar-refractivity contribution in [2.45, 2.75) is 45.1 Å². The van der Waals surface area contributed by atoms with Crippen molar-refractivity contribution in [3.63, 3.8) is 0 Å². The number of alkyl carbamates (subject to hydrolysis) is 1. The summed E-state index contributed by atoms with van der Waals surface area (Å²) in [5.74, 6) is 0. The van der Waals surface area contributed by atoms with Crippen LogP contribution in [0.3, 0.4) is 0 Å². The molecular formula is C11H22N2O2. The molecule has 1 amide bonds. The van der Waals surface area contributed by atoms with E-state index in [1.54, 1.807) is 0 Å². The molecule has 2 N–H and O–H groups in total. The monoisotopic (exact) mass is 214 g/mol. The van der Waals surface area contributed by atoms with Gasteiger partial charge in [-0.15, -0.1) is 0 Å². The third kappa shape index (κ3) is 5.62. The molecule has 0 aromatic rings. The lowest BCUT2D eigenvalue weighted by Crippen LogP contribution is -2.39. The molecule has 1 saturated heterocycles. The van der Waals surface area contributed by atoms with Crippen LogP contribution < -0.4 is 10.6 Å². The van der Waals surface area contributed by atoms with Crippen molar-refractivity contribution in [3.8, 4) is 0 Å². The summed E-state index contributed by atoms with van der Waals surface area (Å²) in [5, 5.41) is 6.07. The van der Waals surface area contributed by atoms with E-state index >= 15 is 0 Å². The number of hydrogen-bond acceptors (Lipinski definition) is 3. The third-order valence-corrected chi connectivity index (χ3v) is 2.63. The molecule has 1 rings (SSSR count). The molecule has 15 heavy (non-hydrogen) atoms. The highest BCUT2D eigenvalue weighted by molar-refractivity contribution is 5.67. The van der Waals surface area contributed by atoms with Crippen molar-refractivity contribution in [2.24, 2.45) is 0 Å². The van der Waals surface area contributed by atoms with E-state index < -0.39 is 0 Å². The van der Waals surface area contributed by atoms with Crippen molar-refractivity contribution in [2.75, 3.05) is 19.7 Å². The van der Waals surface area contributed by atoms with Gasteiger partial charge in [-0.1, -0.05) is 19.8 Å². The molecule has 1 atom stereocenters. The summed E-state index contributed by atoms with van der Waals surface area (Å²) in [6, 6.07) is 0.357. The van der Waals surface area contributed by atoms with Gasteiger partial charge >= 0.3 is 6.09 Å². The van der Waals surface area contributed by atoms with Gasteiger partial charge in [0.25, 0.3) is 0 Å². The molecule has 4 nitrogen and oxygen atoms in total. The molecule has 0 aromatic carbocycles. The number of amides is 1. The number of carbonyl (C=O) groups is 1. The van der Waals surface area contributed by atoms with Crippen molar-refractivity contribution < 1.29 is 9.53 Å². The number of unbranched alkanes of at least 4 members (excludes halogenated alkanes) is 1. The van der Waals surface area contributed by atoms with E-state index in [0.717, 1.165) is 25.8 Å². The van der Waals surface area contributed by atoms with E-state index in [9.17, 15) is 4.79 Å². The van der Waals surface area contributed by atoms with Crippen LogP contribution in [0.1, 0.15) is 39.0 Å². The molecule has 1 aliphatic heterocycles. The van der Waals surface area contributed by atoms with Gasteiger partial charge in [0, 0.05) is 12.6 Å². The maximum Gasteiger partial charge on any atom is 0.407 e. The summed E-state index contributed by atoms with van der Waals surface area (Å²) in [4.78, 5) is 11.2. The number of hydrogen-bond donors (Lipinski definition) is 2. The zero-order chi connectivity index (χ0) is 10.9. The van der Waals surface area contributed by atoms with E-state index in [2.05, 4.69) is 17.6 Å². The molecular weight excluding hydrogens is 192 g/mol. The second kappa shape index (κ2) is 7.51. The Kier molecular flexibility index (Phi) is 6.16. The number of ether oxygens (including phenoxy) is 1. The van der Waals surface area contributed by atoms with Crippen LogP contribution in [0.15, 0.2) is 0 Å². The van der Waals surface area contributed by atoms with E-state index in [4.69, 9.17) is 4.74 Å². The molecule has 0 spiro atoms. The van der Waals surface area contributed by atoms with Crippen LogP contribution in [0.2, 0.25) is 0 Å². The fourth-order valence-corrected chi connectivity index (χ4v) is 1.66. The molecule has 4 heteroatoms. The Hall–Kier alpha value is -0.770. The fourth-order valence-electron chi connectivity index (χ4n) is 1.66. The van der Waals surface area contributed by atoms with E-state index in [0.29, 0.717) is 19.2 Å². The first-order chi connectivity index (χ1) is 7.33. The van der Waals surface area contributed by atoms with Gasteiger partial charge in [0.15, 0.2) is 0 Å². The van der Waals surface area contributed by atoms with Crippen LogP contribution in [0, 0.1) is 0 Å². The second-order valence-electron chi connectivity index (χ2n) is 4.03. The molecule has 88 valence electrons. The largest absolute Gasteiger partial charge is 0.448 e. The van der Waals surface area contributed by atoms with Crippen molar-refractivity contribution in [1.82, 2.24) is 10.6 Å². The zero-order valence-corrected chi connectivity index (χ0v) is 9.55. The highest BCUT2D eigenvalue weighted by Gasteiger charge is 2.14. The molecule has 1 aliphatic rings. The Balaban J connectivity index is 2.00. The minimum Gasteiger partial charge on any atom is -0.448 e. The van der Waals surface area contributed by atoms with Crippen molar-refractivity contribution in [3.05, 3.63) is 0 Å². The first-order valence-electron chi connectivity index (χ1n) is 5.97. The molecule has 1 heterocycles. The van der Waals surface area contributed by atoms with Crippen LogP contribution in [0.5, 0.6) is 0 Å². The normalized spacial score (nSPS) is 21.0. The van der Waals surface area contributed by atoms with Crippen molar-refractivity contribution >= 4 is 6.09 Å². The predicted octanol–water partition coefficient (Wildman–Crippen LogP) is 1.65. The molecule has 0 saturated carbocycles. The summed E-state index contributed by atoms with van der Waals surface area (Å²) in [5.41, 5.74) is 0. The molecule has 1 fully saturated rings. The third-order valence-electron chi connectivity index (χ3n) is 2.63. The van der Waals surface area contributed by atoms with Gasteiger partial charge in [-0.2, -0.15) is 0 Å². The molecule has 0 aromatic heterocycles. The molecule has 0 aliphatic carbocycles. The van der Waals surface area contributed by atoms with Gasteiger partial charge in [0.1, 0.15) is 6.61 Å². The second-order valence-corrected chi connectivity index (χ2v) is 4.03. The lowest BCUT2D eigenvalue weighted by molar-refractivity contribution is 0.128.